The Morgan fingerprint density at radius 3 is 3.12 bits per heavy atom. The van der Waals surface area contributed by atoms with Crippen LogP contribution in [0.2, 0.25) is 0 Å². The van der Waals surface area contributed by atoms with E-state index < -0.39 is 0 Å². The first-order valence-corrected chi connectivity index (χ1v) is 8.87. The Morgan fingerprint density at radius 1 is 1.33 bits per heavy atom. The Morgan fingerprint density at radius 2 is 2.25 bits per heavy atom. The van der Waals surface area contributed by atoms with E-state index in [9.17, 15) is 0 Å². The summed E-state index contributed by atoms with van der Waals surface area (Å²) < 4.78 is 5.92. The van der Waals surface area contributed by atoms with E-state index in [1.807, 2.05) is 12.3 Å². The van der Waals surface area contributed by atoms with Gasteiger partial charge in [0, 0.05) is 29.3 Å². The molecule has 0 saturated heterocycles. The lowest BCUT2D eigenvalue weighted by atomic mass is 10.0. The standard InChI is InChI=1S/C16H16N6OS/c1-8-7-23-14-13(10-6-18-22-12(8)10)20-16(24-14)21-15-17-5-4-11(19-15)9-2-3-9/h4-6,8-9H,2-3,7H2,1H3,(H,18,22)(H,17,19,20,21). The van der Waals surface area contributed by atoms with Gasteiger partial charge in [-0.25, -0.2) is 15.0 Å². The zero-order valence-corrected chi connectivity index (χ0v) is 13.9. The van der Waals surface area contributed by atoms with Crippen LogP contribution in [0, 0.1) is 0 Å². The first-order valence-electron chi connectivity index (χ1n) is 8.05. The summed E-state index contributed by atoms with van der Waals surface area (Å²) in [5.41, 5.74) is 4.01. The van der Waals surface area contributed by atoms with E-state index in [0.717, 1.165) is 32.8 Å². The highest BCUT2D eigenvalue weighted by Crippen LogP contribution is 2.43. The SMILES string of the molecule is CC1COc2sc(Nc3nccc(C4CC4)n3)nc2-c2cn[nH]c21. The van der Waals surface area contributed by atoms with Crippen molar-refractivity contribution in [2.75, 3.05) is 11.9 Å². The molecule has 24 heavy (non-hydrogen) atoms. The Kier molecular flexibility index (Phi) is 3.05. The zero-order chi connectivity index (χ0) is 16.1. The summed E-state index contributed by atoms with van der Waals surface area (Å²) in [6.07, 6.45) is 6.05. The number of rotatable bonds is 3. The van der Waals surface area contributed by atoms with Gasteiger partial charge in [-0.15, -0.1) is 0 Å². The lowest BCUT2D eigenvalue weighted by Gasteiger charge is -2.07. The van der Waals surface area contributed by atoms with E-state index in [4.69, 9.17) is 4.74 Å². The van der Waals surface area contributed by atoms with E-state index in [0.29, 0.717) is 18.5 Å². The number of hydrogen-bond donors (Lipinski definition) is 2. The van der Waals surface area contributed by atoms with Gasteiger partial charge in [-0.1, -0.05) is 18.3 Å². The van der Waals surface area contributed by atoms with Crippen LogP contribution in [0.3, 0.4) is 0 Å². The quantitative estimate of drug-likeness (QED) is 0.759. The van der Waals surface area contributed by atoms with Crippen LogP contribution in [-0.4, -0.2) is 31.8 Å². The Labute approximate surface area is 142 Å². The summed E-state index contributed by atoms with van der Waals surface area (Å²) in [6.45, 7) is 2.72. The van der Waals surface area contributed by atoms with Crippen LogP contribution in [-0.2, 0) is 0 Å². The molecule has 0 bridgehead atoms. The number of ether oxygens (including phenoxy) is 1. The van der Waals surface area contributed by atoms with E-state index in [1.54, 1.807) is 6.20 Å². The highest BCUT2D eigenvalue weighted by Gasteiger charge is 2.27. The predicted octanol–water partition coefficient (Wildman–Crippen LogP) is 3.44. The van der Waals surface area contributed by atoms with Crippen molar-refractivity contribution in [1.82, 2.24) is 25.1 Å². The van der Waals surface area contributed by atoms with Crippen LogP contribution < -0.4 is 10.1 Å². The molecule has 2 N–H and O–H groups in total. The van der Waals surface area contributed by atoms with Crippen molar-refractivity contribution >= 4 is 22.4 Å². The molecule has 0 aromatic carbocycles. The molecule has 1 aliphatic carbocycles. The average molecular weight is 340 g/mol. The number of nitrogens with one attached hydrogen (secondary N) is 2. The van der Waals surface area contributed by atoms with Gasteiger partial charge in [-0.3, -0.25) is 10.4 Å². The van der Waals surface area contributed by atoms with Gasteiger partial charge in [-0.05, 0) is 18.9 Å². The third-order valence-corrected chi connectivity index (χ3v) is 5.25. The third kappa shape index (κ3) is 2.34. The number of aromatic amines is 1. The molecule has 8 heteroatoms. The number of hydrogen-bond acceptors (Lipinski definition) is 7. The molecule has 3 aromatic rings. The minimum atomic E-state index is 0.263. The van der Waals surface area contributed by atoms with Gasteiger partial charge in [0.2, 0.25) is 11.0 Å². The van der Waals surface area contributed by atoms with Crippen LogP contribution in [0.5, 0.6) is 5.06 Å². The Balaban J connectivity index is 1.48. The van der Waals surface area contributed by atoms with Crippen LogP contribution >= 0.6 is 11.3 Å². The molecule has 0 spiro atoms. The summed E-state index contributed by atoms with van der Waals surface area (Å²) in [5.74, 6) is 1.45. The molecular weight excluding hydrogens is 324 g/mol. The fraction of sp³-hybridized carbons (Fsp3) is 0.375. The maximum absolute atomic E-state index is 5.92. The maximum atomic E-state index is 5.92. The lowest BCUT2D eigenvalue weighted by Crippen LogP contribution is -2.05. The highest BCUT2D eigenvalue weighted by molar-refractivity contribution is 7.17. The molecule has 4 heterocycles. The Hall–Kier alpha value is -2.48. The highest BCUT2D eigenvalue weighted by atomic mass is 32.1. The summed E-state index contributed by atoms with van der Waals surface area (Å²) in [5, 5.41) is 12.0. The smallest absolute Gasteiger partial charge is 0.229 e. The number of aromatic nitrogens is 5. The molecule has 0 amide bonds. The molecule has 122 valence electrons. The van der Waals surface area contributed by atoms with Gasteiger partial charge in [0.25, 0.3) is 0 Å². The fourth-order valence-corrected chi connectivity index (χ4v) is 3.74. The fourth-order valence-electron chi connectivity index (χ4n) is 2.91. The molecule has 1 aliphatic heterocycles. The van der Waals surface area contributed by atoms with Crippen LogP contribution in [0.4, 0.5) is 11.1 Å². The molecule has 0 radical (unpaired) electrons. The molecule has 1 unspecified atom stereocenters. The number of H-pyrrole nitrogens is 1. The average Bonchev–Trinajstić information content (AvgIpc) is 3.22. The number of fused-ring (bicyclic) bond motifs is 3. The summed E-state index contributed by atoms with van der Waals surface area (Å²) in [6, 6.07) is 1.99. The van der Waals surface area contributed by atoms with Gasteiger partial charge in [0.1, 0.15) is 5.69 Å². The minimum Gasteiger partial charge on any atom is -0.482 e. The number of anilines is 2. The van der Waals surface area contributed by atoms with Crippen molar-refractivity contribution in [1.29, 1.82) is 0 Å². The van der Waals surface area contributed by atoms with Crippen LogP contribution in [0.15, 0.2) is 18.5 Å². The van der Waals surface area contributed by atoms with Crippen LogP contribution in [0.1, 0.15) is 43.0 Å². The lowest BCUT2D eigenvalue weighted by molar-refractivity contribution is 0.306. The molecule has 7 nitrogen and oxygen atoms in total. The van der Waals surface area contributed by atoms with Crippen molar-refractivity contribution in [2.24, 2.45) is 0 Å². The van der Waals surface area contributed by atoms with Crippen molar-refractivity contribution in [2.45, 2.75) is 31.6 Å². The maximum Gasteiger partial charge on any atom is 0.229 e. The molecule has 1 atom stereocenters. The first kappa shape index (κ1) is 13.9. The molecule has 1 fully saturated rings. The van der Waals surface area contributed by atoms with Crippen LogP contribution in [0.25, 0.3) is 11.3 Å². The van der Waals surface area contributed by atoms with E-state index in [-0.39, 0.29) is 5.92 Å². The van der Waals surface area contributed by atoms with E-state index >= 15 is 0 Å². The normalized spacial score (nSPS) is 19.1. The topological polar surface area (TPSA) is 88.6 Å². The van der Waals surface area contributed by atoms with Gasteiger partial charge < -0.3 is 4.74 Å². The molecule has 2 aliphatic rings. The van der Waals surface area contributed by atoms with Gasteiger partial charge in [-0.2, -0.15) is 5.10 Å². The molecule has 5 rings (SSSR count). The number of nitrogens with zero attached hydrogens (tertiary/aromatic N) is 4. The van der Waals surface area contributed by atoms with E-state index in [1.165, 1.54) is 24.2 Å². The van der Waals surface area contributed by atoms with Crippen molar-refractivity contribution in [3.63, 3.8) is 0 Å². The van der Waals surface area contributed by atoms with Crippen molar-refractivity contribution < 1.29 is 4.74 Å². The third-order valence-electron chi connectivity index (χ3n) is 4.37. The van der Waals surface area contributed by atoms with Crippen molar-refractivity contribution in [3.05, 3.63) is 29.8 Å². The number of thiazole rings is 1. The second-order valence-electron chi connectivity index (χ2n) is 6.27. The predicted molar refractivity (Wildman–Crippen MR) is 90.9 cm³/mol. The molecule has 3 aromatic heterocycles. The summed E-state index contributed by atoms with van der Waals surface area (Å²) in [4.78, 5) is 13.6. The Bertz CT molecular complexity index is 900. The van der Waals surface area contributed by atoms with Gasteiger partial charge in [0.05, 0.1) is 18.5 Å². The monoisotopic (exact) mass is 340 g/mol. The van der Waals surface area contributed by atoms with E-state index in [2.05, 4.69) is 37.4 Å². The minimum absolute atomic E-state index is 0.263. The van der Waals surface area contributed by atoms with Gasteiger partial charge in [0.15, 0.2) is 5.13 Å². The summed E-state index contributed by atoms with van der Waals surface area (Å²) >= 11 is 1.48. The first-order chi connectivity index (χ1) is 11.8. The van der Waals surface area contributed by atoms with Gasteiger partial charge >= 0.3 is 0 Å². The van der Waals surface area contributed by atoms with Crippen molar-refractivity contribution in [3.8, 4) is 16.3 Å². The second kappa shape index (κ2) is 5.27. The summed E-state index contributed by atoms with van der Waals surface area (Å²) in [7, 11) is 0. The molecule has 1 saturated carbocycles. The zero-order valence-electron chi connectivity index (χ0n) is 13.1. The largest absolute Gasteiger partial charge is 0.482 e. The second-order valence-corrected chi connectivity index (χ2v) is 7.23. The molecular formula is C16H16N6OS.